The molecule has 2 fully saturated rings. The molecule has 2 aliphatic heterocycles. The summed E-state index contributed by atoms with van der Waals surface area (Å²) in [4.78, 5) is 28.0. The van der Waals surface area contributed by atoms with Crippen molar-refractivity contribution in [1.29, 1.82) is 0 Å². The molecule has 32 heavy (non-hydrogen) atoms. The van der Waals surface area contributed by atoms with Gasteiger partial charge in [-0.3, -0.25) is 14.5 Å². The van der Waals surface area contributed by atoms with E-state index in [1.165, 1.54) is 5.06 Å². The number of carbonyl (C=O) groups excluding carboxylic acids is 2. The predicted molar refractivity (Wildman–Crippen MR) is 124 cm³/mol. The lowest BCUT2D eigenvalue weighted by atomic mass is 9.78. The zero-order valence-electron chi connectivity index (χ0n) is 21.9. The first-order valence-electron chi connectivity index (χ1n) is 12.0. The first kappa shape index (κ1) is 27.1. The number of likely N-dealkylation sites (tertiary alicyclic amines) is 1. The Kier molecular flexibility index (Phi) is 7.80. The second-order valence-corrected chi connectivity index (χ2v) is 12.4. The van der Waals surface area contributed by atoms with Crippen molar-refractivity contribution >= 4 is 11.9 Å². The van der Waals surface area contributed by atoms with E-state index < -0.39 is 17.0 Å². The van der Waals surface area contributed by atoms with Gasteiger partial charge in [-0.15, -0.1) is 0 Å². The fourth-order valence-electron chi connectivity index (χ4n) is 5.72. The molecule has 186 valence electrons. The van der Waals surface area contributed by atoms with Gasteiger partial charge in [0.1, 0.15) is 12.2 Å². The van der Waals surface area contributed by atoms with Crippen molar-refractivity contribution in [2.24, 2.45) is 5.92 Å². The highest BCUT2D eigenvalue weighted by molar-refractivity contribution is 5.80. The molecular formula is C25H46N2O5. The van der Waals surface area contributed by atoms with Crippen molar-refractivity contribution < 1.29 is 24.3 Å². The van der Waals surface area contributed by atoms with Crippen LogP contribution < -0.4 is 0 Å². The normalized spacial score (nSPS) is 27.0. The maximum atomic E-state index is 12.9. The fourth-order valence-corrected chi connectivity index (χ4v) is 5.72. The van der Waals surface area contributed by atoms with Crippen LogP contribution in [0.25, 0.3) is 0 Å². The highest BCUT2D eigenvalue weighted by atomic mass is 16.6. The molecule has 7 nitrogen and oxygen atoms in total. The van der Waals surface area contributed by atoms with Gasteiger partial charge in [-0.05, 0) is 68.9 Å². The molecule has 1 unspecified atom stereocenters. The van der Waals surface area contributed by atoms with Crippen LogP contribution in [0, 0.1) is 5.92 Å². The van der Waals surface area contributed by atoms with Gasteiger partial charge in [-0.1, -0.05) is 6.92 Å². The van der Waals surface area contributed by atoms with Crippen molar-refractivity contribution in [2.75, 3.05) is 7.05 Å². The molecule has 0 radical (unpaired) electrons. The second kappa shape index (κ2) is 9.22. The summed E-state index contributed by atoms with van der Waals surface area (Å²) in [6, 6.07) is 0. The summed E-state index contributed by atoms with van der Waals surface area (Å²) in [6.07, 6.45) is 2.71. The lowest BCUT2D eigenvalue weighted by molar-refractivity contribution is -0.259. The summed E-state index contributed by atoms with van der Waals surface area (Å²) in [5, 5.41) is 11.8. The molecule has 0 aliphatic carbocycles. The van der Waals surface area contributed by atoms with E-state index in [9.17, 15) is 14.8 Å². The van der Waals surface area contributed by atoms with Crippen LogP contribution in [0.15, 0.2) is 0 Å². The molecule has 1 N–H and O–H groups in total. The molecule has 0 bridgehead atoms. The number of ether oxygens (including phenoxy) is 2. The number of carbonyl (C=O) groups is 2. The van der Waals surface area contributed by atoms with E-state index in [1.807, 2.05) is 34.6 Å². The highest BCUT2D eigenvalue weighted by Crippen LogP contribution is 2.39. The first-order valence-corrected chi connectivity index (χ1v) is 12.0. The van der Waals surface area contributed by atoms with E-state index in [-0.39, 0.29) is 41.6 Å². The molecule has 0 amide bonds. The topological polar surface area (TPSA) is 79.3 Å². The van der Waals surface area contributed by atoms with Crippen molar-refractivity contribution in [1.82, 2.24) is 9.96 Å². The van der Waals surface area contributed by atoms with E-state index in [2.05, 4.69) is 39.6 Å². The van der Waals surface area contributed by atoms with E-state index in [0.717, 1.165) is 12.8 Å². The van der Waals surface area contributed by atoms with Crippen LogP contribution in [0.3, 0.4) is 0 Å². The first-order chi connectivity index (χ1) is 14.4. The van der Waals surface area contributed by atoms with Crippen LogP contribution in [0.1, 0.15) is 101 Å². The monoisotopic (exact) mass is 454 g/mol. The summed E-state index contributed by atoms with van der Waals surface area (Å²) < 4.78 is 11.7. The predicted octanol–water partition coefficient (Wildman–Crippen LogP) is 4.55. The summed E-state index contributed by atoms with van der Waals surface area (Å²) in [6.45, 7) is 18.3. The summed E-state index contributed by atoms with van der Waals surface area (Å²) in [5.74, 6) is -1.19. The van der Waals surface area contributed by atoms with Gasteiger partial charge in [0.05, 0.1) is 12.3 Å². The van der Waals surface area contributed by atoms with Gasteiger partial charge >= 0.3 is 11.9 Å². The van der Waals surface area contributed by atoms with E-state index >= 15 is 0 Å². The van der Waals surface area contributed by atoms with Crippen LogP contribution in [-0.4, -0.2) is 68.5 Å². The smallest absolute Gasteiger partial charge is 0.309 e. The Morgan fingerprint density at radius 3 is 1.69 bits per heavy atom. The molecular weight excluding hydrogens is 408 g/mol. The van der Waals surface area contributed by atoms with Crippen LogP contribution in [0.2, 0.25) is 0 Å². The zero-order valence-corrected chi connectivity index (χ0v) is 21.9. The minimum atomic E-state index is -0.507. The molecule has 2 heterocycles. The maximum absolute atomic E-state index is 12.9. The molecule has 2 rings (SSSR count). The standard InChI is InChI=1S/C25H46N2O5/c1-11-17(21(29)32-19-13-22(2,3)26(10)23(4,5)14-19)12-20(28)31-18-15-24(6,7)27(30)25(8,9)16-18/h17-19,30H,11-16H2,1-10H3. The van der Waals surface area contributed by atoms with Crippen LogP contribution in [0.5, 0.6) is 0 Å². The zero-order chi connectivity index (χ0) is 24.7. The van der Waals surface area contributed by atoms with Crippen LogP contribution >= 0.6 is 0 Å². The Balaban J connectivity index is 1.96. The van der Waals surface area contributed by atoms with Crippen molar-refractivity contribution in [3.05, 3.63) is 0 Å². The number of hydrogen-bond donors (Lipinski definition) is 1. The van der Waals surface area contributed by atoms with E-state index in [4.69, 9.17) is 9.47 Å². The molecule has 0 aromatic rings. The third-order valence-corrected chi connectivity index (χ3v) is 7.69. The molecule has 2 aliphatic rings. The van der Waals surface area contributed by atoms with Gasteiger partial charge in [0.15, 0.2) is 0 Å². The number of piperidine rings is 2. The molecule has 2 saturated heterocycles. The SMILES string of the molecule is CCC(CC(=O)OC1CC(C)(C)N(O)C(C)(C)C1)C(=O)OC1CC(C)(C)N(C)C(C)(C)C1. The van der Waals surface area contributed by atoms with Crippen molar-refractivity contribution in [2.45, 2.75) is 135 Å². The lowest BCUT2D eigenvalue weighted by Gasteiger charge is -2.53. The van der Waals surface area contributed by atoms with Gasteiger partial charge in [0.2, 0.25) is 0 Å². The Hall–Kier alpha value is -1.18. The van der Waals surface area contributed by atoms with E-state index in [0.29, 0.717) is 19.3 Å². The van der Waals surface area contributed by atoms with Gasteiger partial charge in [-0.2, -0.15) is 5.06 Å². The van der Waals surface area contributed by atoms with Gasteiger partial charge in [0, 0.05) is 47.8 Å². The molecule has 0 spiro atoms. The molecule has 0 aromatic carbocycles. The molecule has 0 saturated carbocycles. The van der Waals surface area contributed by atoms with Crippen molar-refractivity contribution in [3.8, 4) is 0 Å². The largest absolute Gasteiger partial charge is 0.462 e. The third kappa shape index (κ3) is 6.03. The number of esters is 2. The Bertz CT molecular complexity index is 664. The lowest BCUT2D eigenvalue weighted by Crippen LogP contribution is -2.60. The quantitative estimate of drug-likeness (QED) is 0.590. The second-order valence-electron chi connectivity index (χ2n) is 12.4. The van der Waals surface area contributed by atoms with Crippen LogP contribution in [0.4, 0.5) is 0 Å². The number of hydroxylamine groups is 2. The fraction of sp³-hybridized carbons (Fsp3) is 0.920. The summed E-state index contributed by atoms with van der Waals surface area (Å²) in [5.41, 5.74) is -1.14. The highest BCUT2D eigenvalue weighted by Gasteiger charge is 2.47. The number of nitrogens with zero attached hydrogens (tertiary/aromatic N) is 2. The molecule has 1 atom stereocenters. The third-order valence-electron chi connectivity index (χ3n) is 7.69. The van der Waals surface area contributed by atoms with Crippen molar-refractivity contribution in [3.63, 3.8) is 0 Å². The van der Waals surface area contributed by atoms with Crippen LogP contribution in [-0.2, 0) is 19.1 Å². The minimum Gasteiger partial charge on any atom is -0.462 e. The average molecular weight is 455 g/mol. The number of rotatable bonds is 6. The molecule has 7 heteroatoms. The minimum absolute atomic E-state index is 0.0228. The summed E-state index contributed by atoms with van der Waals surface area (Å²) in [7, 11) is 2.12. The van der Waals surface area contributed by atoms with Gasteiger partial charge in [-0.25, -0.2) is 0 Å². The maximum Gasteiger partial charge on any atom is 0.309 e. The number of hydrogen-bond acceptors (Lipinski definition) is 7. The Morgan fingerprint density at radius 1 is 0.844 bits per heavy atom. The van der Waals surface area contributed by atoms with Gasteiger partial charge in [0.25, 0.3) is 0 Å². The molecule has 0 aromatic heterocycles. The Labute approximate surface area is 194 Å². The summed E-state index contributed by atoms with van der Waals surface area (Å²) >= 11 is 0. The van der Waals surface area contributed by atoms with E-state index in [1.54, 1.807) is 0 Å². The van der Waals surface area contributed by atoms with Gasteiger partial charge < -0.3 is 14.7 Å². The average Bonchev–Trinajstić information content (AvgIpc) is 2.61. The Morgan fingerprint density at radius 2 is 1.25 bits per heavy atom.